The number of hydrogen-bond acceptors (Lipinski definition) is 1. The molecule has 0 saturated heterocycles. The molecule has 0 amide bonds. The van der Waals surface area contributed by atoms with E-state index < -0.39 is 0 Å². The molecule has 0 fully saturated rings. The van der Waals surface area contributed by atoms with Crippen LogP contribution in [0.25, 0.3) is 77.4 Å². The number of hydrogen-bond donors (Lipinski definition) is 0. The molecule has 9 aromatic rings. The van der Waals surface area contributed by atoms with Crippen LogP contribution in [0.3, 0.4) is 0 Å². The molecule has 45 heavy (non-hydrogen) atoms. The second-order valence-electron chi connectivity index (χ2n) is 11.2. The molecular formula is C41H26IrN3-. The molecule has 0 atom stereocenters. The average molecular weight is 753 g/mol. The molecule has 0 aliphatic rings. The summed E-state index contributed by atoms with van der Waals surface area (Å²) < 4.78 is 4.79. The van der Waals surface area contributed by atoms with Crippen LogP contribution in [0.2, 0.25) is 0 Å². The Morgan fingerprint density at radius 2 is 1.04 bits per heavy atom. The maximum atomic E-state index is 4.55. The molecule has 0 spiro atoms. The van der Waals surface area contributed by atoms with E-state index in [0.29, 0.717) is 0 Å². The standard InChI is InChI=1S/C41H26N3.Ir/c1-3-14-31(15-4-1)43-38-20-8-7-18-33(38)35-26-36-34-25-29(28-12-11-13-30(24-28)37-19-9-10-23-42-37)21-22-39(34)44(41(36)27-40(35)43)32-16-5-2-6-17-32;/h1-12,14-27H;/q-1;. The summed E-state index contributed by atoms with van der Waals surface area (Å²) in [7, 11) is 0. The summed E-state index contributed by atoms with van der Waals surface area (Å²) in [5.74, 6) is 0. The van der Waals surface area contributed by atoms with E-state index in [9.17, 15) is 0 Å². The molecule has 6 aromatic carbocycles. The molecule has 215 valence electrons. The zero-order valence-electron chi connectivity index (χ0n) is 24.2. The molecule has 9 rings (SSSR count). The summed E-state index contributed by atoms with van der Waals surface area (Å²) in [6.07, 6.45) is 1.83. The average Bonchev–Trinajstić information content (AvgIpc) is 3.60. The Morgan fingerprint density at radius 1 is 0.444 bits per heavy atom. The molecule has 0 aliphatic carbocycles. The fraction of sp³-hybridized carbons (Fsp3) is 0. The van der Waals surface area contributed by atoms with Gasteiger partial charge in [0.1, 0.15) is 0 Å². The van der Waals surface area contributed by atoms with E-state index in [1.807, 2.05) is 30.5 Å². The topological polar surface area (TPSA) is 22.8 Å². The SMILES string of the molecule is [Ir].[c-]1ccc(-c2ccc3c(c2)c2cc4c5ccccc5n(-c5ccccc5)c4cc2n3-c2ccccc2)cc1-c1ccccn1. The quantitative estimate of drug-likeness (QED) is 0.164. The third kappa shape index (κ3) is 4.42. The van der Waals surface area contributed by atoms with Crippen LogP contribution in [-0.4, -0.2) is 14.1 Å². The molecule has 0 aliphatic heterocycles. The van der Waals surface area contributed by atoms with Gasteiger partial charge in [0.05, 0.1) is 22.1 Å². The Morgan fingerprint density at radius 3 is 1.76 bits per heavy atom. The van der Waals surface area contributed by atoms with Gasteiger partial charge in [0, 0.05) is 59.2 Å². The van der Waals surface area contributed by atoms with E-state index in [-0.39, 0.29) is 20.1 Å². The van der Waals surface area contributed by atoms with Crippen LogP contribution in [0, 0.1) is 6.07 Å². The van der Waals surface area contributed by atoms with Gasteiger partial charge < -0.3 is 14.1 Å². The predicted molar refractivity (Wildman–Crippen MR) is 183 cm³/mol. The molecule has 0 saturated carbocycles. The Labute approximate surface area is 274 Å². The zero-order valence-corrected chi connectivity index (χ0v) is 26.6. The van der Waals surface area contributed by atoms with Crippen LogP contribution in [-0.2, 0) is 20.1 Å². The van der Waals surface area contributed by atoms with Gasteiger partial charge >= 0.3 is 0 Å². The van der Waals surface area contributed by atoms with Crippen molar-refractivity contribution < 1.29 is 20.1 Å². The van der Waals surface area contributed by atoms with E-state index in [0.717, 1.165) is 28.2 Å². The third-order valence-corrected chi connectivity index (χ3v) is 8.66. The van der Waals surface area contributed by atoms with Gasteiger partial charge in [-0.1, -0.05) is 72.8 Å². The van der Waals surface area contributed by atoms with Crippen LogP contribution in [0.5, 0.6) is 0 Å². The third-order valence-electron chi connectivity index (χ3n) is 8.66. The minimum Gasteiger partial charge on any atom is -0.309 e. The number of benzene rings is 6. The second kappa shape index (κ2) is 11.0. The van der Waals surface area contributed by atoms with E-state index in [1.54, 1.807) is 0 Å². The van der Waals surface area contributed by atoms with Crippen molar-refractivity contribution in [2.45, 2.75) is 0 Å². The Balaban J connectivity index is 0.00000300. The van der Waals surface area contributed by atoms with Gasteiger partial charge in [-0.3, -0.25) is 0 Å². The molecule has 3 nitrogen and oxygen atoms in total. The number of fused-ring (bicyclic) bond motifs is 6. The molecule has 0 bridgehead atoms. The van der Waals surface area contributed by atoms with Crippen molar-refractivity contribution in [1.82, 2.24) is 14.1 Å². The molecule has 0 N–H and O–H groups in total. The first-order valence-corrected chi connectivity index (χ1v) is 14.9. The van der Waals surface area contributed by atoms with Crippen molar-refractivity contribution in [3.05, 3.63) is 164 Å². The van der Waals surface area contributed by atoms with Gasteiger partial charge in [0.2, 0.25) is 0 Å². The van der Waals surface area contributed by atoms with E-state index in [4.69, 9.17) is 0 Å². The van der Waals surface area contributed by atoms with Crippen LogP contribution < -0.4 is 0 Å². The zero-order chi connectivity index (χ0) is 29.0. The molecule has 3 heterocycles. The number of para-hydroxylation sites is 3. The Kier molecular flexibility index (Phi) is 6.68. The molecule has 4 heteroatoms. The van der Waals surface area contributed by atoms with Crippen LogP contribution in [0.1, 0.15) is 0 Å². The number of nitrogens with zero attached hydrogens (tertiary/aromatic N) is 3. The van der Waals surface area contributed by atoms with Crippen molar-refractivity contribution >= 4 is 43.6 Å². The Hall–Kier alpha value is -5.28. The van der Waals surface area contributed by atoms with Crippen LogP contribution in [0.15, 0.2) is 158 Å². The first-order chi connectivity index (χ1) is 21.8. The van der Waals surface area contributed by atoms with Crippen LogP contribution in [0.4, 0.5) is 0 Å². The minimum atomic E-state index is 0. The summed E-state index contributed by atoms with van der Waals surface area (Å²) in [5, 5.41) is 4.97. The fourth-order valence-electron chi connectivity index (χ4n) is 6.69. The molecule has 0 unspecified atom stereocenters. The maximum absolute atomic E-state index is 4.55. The summed E-state index contributed by atoms with van der Waals surface area (Å²) >= 11 is 0. The van der Waals surface area contributed by atoms with E-state index in [1.165, 1.54) is 49.2 Å². The first kappa shape index (κ1) is 27.3. The van der Waals surface area contributed by atoms with Gasteiger partial charge in [0.25, 0.3) is 0 Å². The van der Waals surface area contributed by atoms with Crippen molar-refractivity contribution in [3.63, 3.8) is 0 Å². The fourth-order valence-corrected chi connectivity index (χ4v) is 6.69. The summed E-state index contributed by atoms with van der Waals surface area (Å²) in [6.45, 7) is 0. The van der Waals surface area contributed by atoms with Crippen molar-refractivity contribution in [1.29, 1.82) is 0 Å². The summed E-state index contributed by atoms with van der Waals surface area (Å²) in [5.41, 5.74) is 11.3. The summed E-state index contributed by atoms with van der Waals surface area (Å²) in [4.78, 5) is 4.55. The normalized spacial score (nSPS) is 11.4. The van der Waals surface area contributed by atoms with Crippen molar-refractivity contribution in [3.8, 4) is 33.8 Å². The summed E-state index contributed by atoms with van der Waals surface area (Å²) in [6, 6.07) is 57.4. The number of aromatic nitrogens is 3. The first-order valence-electron chi connectivity index (χ1n) is 14.9. The van der Waals surface area contributed by atoms with E-state index in [2.05, 4.69) is 148 Å². The molecule has 3 aromatic heterocycles. The van der Waals surface area contributed by atoms with Crippen molar-refractivity contribution in [2.75, 3.05) is 0 Å². The minimum absolute atomic E-state index is 0. The van der Waals surface area contributed by atoms with Gasteiger partial charge in [-0.05, 0) is 71.9 Å². The van der Waals surface area contributed by atoms with E-state index >= 15 is 0 Å². The second-order valence-corrected chi connectivity index (χ2v) is 11.2. The number of rotatable bonds is 4. The van der Waals surface area contributed by atoms with Gasteiger partial charge in [0.15, 0.2) is 0 Å². The van der Waals surface area contributed by atoms with Gasteiger partial charge in [-0.2, -0.15) is 0 Å². The Bertz CT molecular complexity index is 2480. The molecule has 1 radical (unpaired) electrons. The smallest absolute Gasteiger partial charge is 0.0562 e. The number of pyridine rings is 1. The van der Waals surface area contributed by atoms with Gasteiger partial charge in [-0.15, -0.1) is 35.4 Å². The van der Waals surface area contributed by atoms with Gasteiger partial charge in [-0.25, -0.2) is 0 Å². The molecular weight excluding hydrogens is 727 g/mol. The van der Waals surface area contributed by atoms with Crippen molar-refractivity contribution in [2.24, 2.45) is 0 Å². The van der Waals surface area contributed by atoms with Crippen LogP contribution >= 0.6 is 0 Å². The maximum Gasteiger partial charge on any atom is 0.0562 e. The monoisotopic (exact) mass is 753 g/mol. The largest absolute Gasteiger partial charge is 0.309 e. The predicted octanol–water partition coefficient (Wildman–Crippen LogP) is 10.4.